The Morgan fingerprint density at radius 3 is 2.89 bits per heavy atom. The van der Waals surface area contributed by atoms with E-state index in [1.54, 1.807) is 11.0 Å². The molecular formula is C12H13Cl2NO4. The second-order valence-electron chi connectivity index (χ2n) is 4.29. The zero-order valence-electron chi connectivity index (χ0n) is 9.97. The molecule has 1 atom stereocenters. The SMILES string of the molecule is O=C(O)C1COCCN1Cc1cc(Cl)cc(Cl)c1O. The highest BCUT2D eigenvalue weighted by Crippen LogP contribution is 2.32. The Hall–Kier alpha value is -1.01. The Kier molecular flexibility index (Phi) is 4.52. The number of morpholine rings is 1. The van der Waals surface area contributed by atoms with Crippen LogP contribution in [0.2, 0.25) is 10.0 Å². The lowest BCUT2D eigenvalue weighted by atomic mass is 10.1. The number of hydrogen-bond donors (Lipinski definition) is 2. The fourth-order valence-corrected chi connectivity index (χ4v) is 2.55. The number of ether oxygens (including phenoxy) is 1. The van der Waals surface area contributed by atoms with Gasteiger partial charge in [-0.3, -0.25) is 9.69 Å². The van der Waals surface area contributed by atoms with Crippen LogP contribution in [-0.4, -0.2) is 46.9 Å². The second kappa shape index (κ2) is 5.96. The Bertz CT molecular complexity index is 495. The molecule has 0 spiro atoms. The van der Waals surface area contributed by atoms with Gasteiger partial charge in [-0.1, -0.05) is 23.2 Å². The average Bonchev–Trinajstić information content (AvgIpc) is 2.35. The van der Waals surface area contributed by atoms with Gasteiger partial charge in [-0.05, 0) is 12.1 Å². The number of halogens is 2. The number of rotatable bonds is 3. The summed E-state index contributed by atoms with van der Waals surface area (Å²) >= 11 is 11.7. The summed E-state index contributed by atoms with van der Waals surface area (Å²) in [6, 6.07) is 2.29. The Morgan fingerprint density at radius 1 is 1.47 bits per heavy atom. The molecule has 1 aliphatic rings. The molecule has 2 rings (SSSR count). The van der Waals surface area contributed by atoms with Crippen molar-refractivity contribution in [2.45, 2.75) is 12.6 Å². The fraction of sp³-hybridized carbons (Fsp3) is 0.417. The van der Waals surface area contributed by atoms with Gasteiger partial charge in [0.1, 0.15) is 11.8 Å². The maximum absolute atomic E-state index is 11.1. The smallest absolute Gasteiger partial charge is 0.323 e. The molecule has 0 amide bonds. The van der Waals surface area contributed by atoms with Crippen LogP contribution in [0, 0.1) is 0 Å². The molecule has 1 fully saturated rings. The number of carboxylic acids is 1. The van der Waals surface area contributed by atoms with E-state index >= 15 is 0 Å². The van der Waals surface area contributed by atoms with Gasteiger partial charge in [-0.25, -0.2) is 0 Å². The minimum Gasteiger partial charge on any atom is -0.506 e. The van der Waals surface area contributed by atoms with E-state index in [9.17, 15) is 9.90 Å². The third kappa shape index (κ3) is 3.30. The Labute approximate surface area is 120 Å². The maximum Gasteiger partial charge on any atom is 0.323 e. The van der Waals surface area contributed by atoms with Crippen LogP contribution in [0.1, 0.15) is 5.56 Å². The van der Waals surface area contributed by atoms with Crippen molar-refractivity contribution in [1.29, 1.82) is 0 Å². The van der Waals surface area contributed by atoms with Crippen molar-refractivity contribution in [3.05, 3.63) is 27.7 Å². The van der Waals surface area contributed by atoms with Gasteiger partial charge in [0.05, 0.1) is 18.2 Å². The van der Waals surface area contributed by atoms with Crippen molar-refractivity contribution in [3.8, 4) is 5.75 Å². The summed E-state index contributed by atoms with van der Waals surface area (Å²) in [5.74, 6) is -1.02. The highest BCUT2D eigenvalue weighted by Gasteiger charge is 2.29. The van der Waals surface area contributed by atoms with E-state index in [2.05, 4.69) is 0 Å². The standard InChI is InChI=1S/C12H13Cl2NO4/c13-8-3-7(11(16)9(14)4-8)5-15-1-2-19-6-10(15)12(17)18/h3-4,10,16H,1-2,5-6H2,(H,17,18). The maximum atomic E-state index is 11.1. The number of benzene rings is 1. The van der Waals surface area contributed by atoms with E-state index in [0.29, 0.717) is 23.7 Å². The number of phenolic OH excluding ortho intramolecular Hbond substituents is 1. The molecule has 0 aromatic heterocycles. The van der Waals surface area contributed by atoms with Crippen molar-refractivity contribution < 1.29 is 19.7 Å². The van der Waals surface area contributed by atoms with Crippen LogP contribution < -0.4 is 0 Å². The van der Waals surface area contributed by atoms with E-state index < -0.39 is 12.0 Å². The highest BCUT2D eigenvalue weighted by molar-refractivity contribution is 6.35. The van der Waals surface area contributed by atoms with Crippen molar-refractivity contribution in [1.82, 2.24) is 4.90 Å². The Balaban J connectivity index is 2.22. The van der Waals surface area contributed by atoms with E-state index in [1.807, 2.05) is 0 Å². The second-order valence-corrected chi connectivity index (χ2v) is 5.14. The van der Waals surface area contributed by atoms with Crippen molar-refractivity contribution in [2.24, 2.45) is 0 Å². The van der Waals surface area contributed by atoms with Crippen molar-refractivity contribution in [3.63, 3.8) is 0 Å². The summed E-state index contributed by atoms with van der Waals surface area (Å²) in [6.45, 7) is 1.32. The molecule has 0 aliphatic carbocycles. The largest absolute Gasteiger partial charge is 0.506 e. The molecule has 0 saturated carbocycles. The van der Waals surface area contributed by atoms with Gasteiger partial charge in [0.2, 0.25) is 0 Å². The molecule has 104 valence electrons. The first-order chi connectivity index (χ1) is 8.99. The van der Waals surface area contributed by atoms with E-state index in [-0.39, 0.29) is 23.9 Å². The fourth-order valence-electron chi connectivity index (χ4n) is 2.01. The molecule has 5 nitrogen and oxygen atoms in total. The predicted octanol–water partition coefficient (Wildman–Crippen LogP) is 1.98. The van der Waals surface area contributed by atoms with Gasteiger partial charge in [-0.2, -0.15) is 0 Å². The van der Waals surface area contributed by atoms with Crippen LogP contribution in [0.15, 0.2) is 12.1 Å². The summed E-state index contributed by atoms with van der Waals surface area (Å²) in [7, 11) is 0. The van der Waals surface area contributed by atoms with Crippen LogP contribution in [0.4, 0.5) is 0 Å². The third-order valence-corrected chi connectivity index (χ3v) is 3.51. The summed E-state index contributed by atoms with van der Waals surface area (Å²) in [6.07, 6.45) is 0. The lowest BCUT2D eigenvalue weighted by molar-refractivity contribution is -0.150. The minimum absolute atomic E-state index is 0.0679. The third-order valence-electron chi connectivity index (χ3n) is 3.00. The summed E-state index contributed by atoms with van der Waals surface area (Å²) < 4.78 is 5.15. The molecule has 1 aromatic carbocycles. The lowest BCUT2D eigenvalue weighted by Gasteiger charge is -2.32. The quantitative estimate of drug-likeness (QED) is 0.893. The van der Waals surface area contributed by atoms with Gasteiger partial charge < -0.3 is 14.9 Å². The molecule has 1 aromatic rings. The molecule has 1 heterocycles. The number of aliphatic carboxylic acids is 1. The van der Waals surface area contributed by atoms with Crippen LogP contribution in [0.3, 0.4) is 0 Å². The number of carboxylic acid groups (broad SMARTS) is 1. The molecule has 1 aliphatic heterocycles. The molecule has 0 radical (unpaired) electrons. The molecule has 1 saturated heterocycles. The van der Waals surface area contributed by atoms with Gasteiger partial charge in [0.15, 0.2) is 0 Å². The van der Waals surface area contributed by atoms with Gasteiger partial charge in [-0.15, -0.1) is 0 Å². The molecule has 19 heavy (non-hydrogen) atoms. The van der Waals surface area contributed by atoms with Crippen molar-refractivity contribution >= 4 is 29.2 Å². The average molecular weight is 306 g/mol. The summed E-state index contributed by atoms with van der Waals surface area (Å²) in [4.78, 5) is 12.9. The zero-order chi connectivity index (χ0) is 14.0. The monoisotopic (exact) mass is 305 g/mol. The topological polar surface area (TPSA) is 70.0 Å². The van der Waals surface area contributed by atoms with Crippen LogP contribution in [0.25, 0.3) is 0 Å². The Morgan fingerprint density at radius 2 is 2.21 bits per heavy atom. The number of phenols is 1. The number of aromatic hydroxyl groups is 1. The van der Waals surface area contributed by atoms with Gasteiger partial charge >= 0.3 is 5.97 Å². The first-order valence-corrected chi connectivity index (χ1v) is 6.46. The molecule has 1 unspecified atom stereocenters. The van der Waals surface area contributed by atoms with Crippen LogP contribution in [-0.2, 0) is 16.1 Å². The molecule has 0 bridgehead atoms. The van der Waals surface area contributed by atoms with E-state index in [4.69, 9.17) is 33.0 Å². The first-order valence-electron chi connectivity index (χ1n) is 5.70. The minimum atomic E-state index is -0.952. The van der Waals surface area contributed by atoms with Crippen LogP contribution >= 0.6 is 23.2 Å². The number of carbonyl (C=O) groups is 1. The summed E-state index contributed by atoms with van der Waals surface area (Å²) in [5, 5.41) is 19.6. The van der Waals surface area contributed by atoms with Gasteiger partial charge in [0, 0.05) is 23.7 Å². The lowest BCUT2D eigenvalue weighted by Crippen LogP contribution is -2.49. The van der Waals surface area contributed by atoms with E-state index in [1.165, 1.54) is 6.07 Å². The highest BCUT2D eigenvalue weighted by atomic mass is 35.5. The van der Waals surface area contributed by atoms with Gasteiger partial charge in [0.25, 0.3) is 0 Å². The molecular weight excluding hydrogens is 293 g/mol. The van der Waals surface area contributed by atoms with Crippen molar-refractivity contribution in [2.75, 3.05) is 19.8 Å². The first kappa shape index (κ1) is 14.4. The van der Waals surface area contributed by atoms with E-state index in [0.717, 1.165) is 0 Å². The number of nitrogens with zero attached hydrogens (tertiary/aromatic N) is 1. The predicted molar refractivity (Wildman–Crippen MR) is 70.8 cm³/mol. The summed E-state index contributed by atoms with van der Waals surface area (Å²) in [5.41, 5.74) is 0.505. The van der Waals surface area contributed by atoms with Crippen LogP contribution in [0.5, 0.6) is 5.75 Å². The number of hydrogen-bond acceptors (Lipinski definition) is 4. The zero-order valence-corrected chi connectivity index (χ0v) is 11.5. The molecule has 7 heteroatoms. The molecule has 2 N–H and O–H groups in total. The normalized spacial score (nSPS) is 20.4.